The standard InChI is InChI=1S/C15H27BrN4O/c1-5-10-17-13(12-14(16)18-19-20(12)3)15(21-4)8-6-11(2)7-9-15/h11,13,17H,5-10H2,1-4H3. The molecule has 1 heterocycles. The van der Waals surface area contributed by atoms with E-state index in [0.717, 1.165) is 42.0 Å². The van der Waals surface area contributed by atoms with Gasteiger partial charge < -0.3 is 10.1 Å². The van der Waals surface area contributed by atoms with E-state index in [1.165, 1.54) is 12.8 Å². The van der Waals surface area contributed by atoms with Crippen LogP contribution in [0.4, 0.5) is 0 Å². The number of aryl methyl sites for hydroxylation is 1. The van der Waals surface area contributed by atoms with E-state index in [1.54, 1.807) is 0 Å². The summed E-state index contributed by atoms with van der Waals surface area (Å²) in [5.74, 6) is 0.785. The van der Waals surface area contributed by atoms with E-state index in [4.69, 9.17) is 4.74 Å². The maximum atomic E-state index is 6.07. The summed E-state index contributed by atoms with van der Waals surface area (Å²) >= 11 is 3.55. The van der Waals surface area contributed by atoms with Crippen molar-refractivity contribution in [1.29, 1.82) is 0 Å². The summed E-state index contributed by atoms with van der Waals surface area (Å²) < 4.78 is 8.74. The Kier molecular flexibility index (Phi) is 5.80. The van der Waals surface area contributed by atoms with E-state index in [2.05, 4.69) is 45.4 Å². The van der Waals surface area contributed by atoms with Gasteiger partial charge in [-0.1, -0.05) is 19.1 Å². The molecule has 2 rings (SSSR count). The Labute approximate surface area is 135 Å². The van der Waals surface area contributed by atoms with Gasteiger partial charge in [-0.05, 0) is 60.5 Å². The zero-order valence-electron chi connectivity index (χ0n) is 13.5. The minimum Gasteiger partial charge on any atom is -0.376 e. The molecular weight excluding hydrogens is 332 g/mol. The fourth-order valence-electron chi connectivity index (χ4n) is 3.33. The molecule has 0 aliphatic heterocycles. The molecule has 1 aromatic heterocycles. The summed E-state index contributed by atoms with van der Waals surface area (Å²) in [6.07, 6.45) is 5.66. The molecule has 1 aromatic rings. The molecule has 1 fully saturated rings. The highest BCUT2D eigenvalue weighted by Crippen LogP contribution is 2.43. The lowest BCUT2D eigenvalue weighted by Gasteiger charge is -2.44. The number of nitrogens with one attached hydrogen (secondary N) is 1. The van der Waals surface area contributed by atoms with Gasteiger partial charge in [-0.2, -0.15) is 0 Å². The fourth-order valence-corrected chi connectivity index (χ4v) is 3.88. The number of hydrogen-bond donors (Lipinski definition) is 1. The van der Waals surface area contributed by atoms with Crippen LogP contribution in [0.15, 0.2) is 4.60 Å². The van der Waals surface area contributed by atoms with Gasteiger partial charge in [-0.25, -0.2) is 4.68 Å². The van der Waals surface area contributed by atoms with Gasteiger partial charge in [-0.15, -0.1) is 5.10 Å². The molecule has 1 unspecified atom stereocenters. The topological polar surface area (TPSA) is 52.0 Å². The zero-order chi connectivity index (χ0) is 15.5. The third-order valence-electron chi connectivity index (χ3n) is 4.75. The Hall–Kier alpha value is -0.460. The Balaban J connectivity index is 2.34. The SMILES string of the molecule is CCCNC(c1c(Br)nnn1C)C1(OC)CCC(C)CC1. The highest BCUT2D eigenvalue weighted by atomic mass is 79.9. The summed E-state index contributed by atoms with van der Waals surface area (Å²) in [4.78, 5) is 0. The van der Waals surface area contributed by atoms with Crippen LogP contribution in [0.25, 0.3) is 0 Å². The lowest BCUT2D eigenvalue weighted by molar-refractivity contribution is -0.0778. The van der Waals surface area contributed by atoms with Crippen molar-refractivity contribution in [3.63, 3.8) is 0 Å². The van der Waals surface area contributed by atoms with Gasteiger partial charge in [0.1, 0.15) is 0 Å². The summed E-state index contributed by atoms with van der Waals surface area (Å²) in [6, 6.07) is 0.115. The first-order valence-electron chi connectivity index (χ1n) is 7.87. The Morgan fingerprint density at radius 1 is 1.48 bits per heavy atom. The average Bonchev–Trinajstić information content (AvgIpc) is 2.81. The number of nitrogens with zero attached hydrogens (tertiary/aromatic N) is 3. The molecule has 1 atom stereocenters. The first kappa shape index (κ1) is 16.9. The molecule has 0 radical (unpaired) electrons. The van der Waals surface area contributed by atoms with E-state index >= 15 is 0 Å². The molecular formula is C15H27BrN4O. The first-order valence-corrected chi connectivity index (χ1v) is 8.67. The van der Waals surface area contributed by atoms with Crippen LogP contribution in [0.5, 0.6) is 0 Å². The molecule has 1 aliphatic carbocycles. The van der Waals surface area contributed by atoms with Crippen molar-refractivity contribution in [1.82, 2.24) is 20.3 Å². The highest BCUT2D eigenvalue weighted by molar-refractivity contribution is 9.10. The molecule has 21 heavy (non-hydrogen) atoms. The summed E-state index contributed by atoms with van der Waals surface area (Å²) in [5, 5.41) is 12.0. The molecule has 5 nitrogen and oxygen atoms in total. The van der Waals surface area contributed by atoms with Crippen LogP contribution < -0.4 is 5.32 Å². The van der Waals surface area contributed by atoms with E-state index in [1.807, 2.05) is 18.8 Å². The van der Waals surface area contributed by atoms with Gasteiger partial charge in [0.25, 0.3) is 0 Å². The fraction of sp³-hybridized carbons (Fsp3) is 0.867. The highest BCUT2D eigenvalue weighted by Gasteiger charge is 2.44. The minimum atomic E-state index is -0.167. The average molecular weight is 359 g/mol. The second-order valence-corrected chi connectivity index (χ2v) is 6.98. The van der Waals surface area contributed by atoms with Crippen LogP contribution in [0.1, 0.15) is 57.7 Å². The normalized spacial score (nSPS) is 27.8. The Bertz CT molecular complexity index is 435. The molecule has 120 valence electrons. The number of aromatic nitrogens is 3. The third-order valence-corrected chi connectivity index (χ3v) is 5.32. The molecule has 1 saturated carbocycles. The van der Waals surface area contributed by atoms with Crippen LogP contribution >= 0.6 is 15.9 Å². The van der Waals surface area contributed by atoms with Gasteiger partial charge in [0.15, 0.2) is 4.60 Å². The zero-order valence-corrected chi connectivity index (χ0v) is 15.1. The van der Waals surface area contributed by atoms with Crippen LogP contribution in [0.2, 0.25) is 0 Å². The van der Waals surface area contributed by atoms with E-state index in [0.29, 0.717) is 0 Å². The monoisotopic (exact) mass is 358 g/mol. The van der Waals surface area contributed by atoms with Gasteiger partial charge >= 0.3 is 0 Å². The van der Waals surface area contributed by atoms with Gasteiger partial charge in [0.05, 0.1) is 17.3 Å². The maximum absolute atomic E-state index is 6.07. The minimum absolute atomic E-state index is 0.115. The van der Waals surface area contributed by atoms with Gasteiger partial charge in [0.2, 0.25) is 0 Å². The third kappa shape index (κ3) is 3.48. The van der Waals surface area contributed by atoms with Crippen LogP contribution in [0.3, 0.4) is 0 Å². The lowest BCUT2D eigenvalue weighted by atomic mass is 9.74. The smallest absolute Gasteiger partial charge is 0.153 e. The number of ether oxygens (including phenoxy) is 1. The van der Waals surface area contributed by atoms with Crippen molar-refractivity contribution in [2.45, 2.75) is 57.6 Å². The lowest BCUT2D eigenvalue weighted by Crippen LogP contribution is -2.49. The van der Waals surface area contributed by atoms with Crippen molar-refractivity contribution >= 4 is 15.9 Å². The van der Waals surface area contributed by atoms with Gasteiger partial charge in [0, 0.05) is 14.2 Å². The Morgan fingerprint density at radius 2 is 2.14 bits per heavy atom. The van der Waals surface area contributed by atoms with Crippen LogP contribution in [0, 0.1) is 5.92 Å². The molecule has 1 aliphatic rings. The molecule has 0 bridgehead atoms. The van der Waals surface area contributed by atoms with Gasteiger partial charge in [-0.3, -0.25) is 0 Å². The number of rotatable bonds is 6. The van der Waals surface area contributed by atoms with E-state index in [9.17, 15) is 0 Å². The van der Waals surface area contributed by atoms with Crippen molar-refractivity contribution < 1.29 is 4.74 Å². The molecule has 6 heteroatoms. The van der Waals surface area contributed by atoms with Crippen molar-refractivity contribution in [2.24, 2.45) is 13.0 Å². The quantitative estimate of drug-likeness (QED) is 0.848. The number of hydrogen-bond acceptors (Lipinski definition) is 4. The summed E-state index contributed by atoms with van der Waals surface area (Å²) in [6.45, 7) is 5.47. The van der Waals surface area contributed by atoms with E-state index in [-0.39, 0.29) is 11.6 Å². The predicted molar refractivity (Wildman–Crippen MR) is 87.1 cm³/mol. The number of methoxy groups -OCH3 is 1. The molecule has 0 saturated heterocycles. The molecule has 1 N–H and O–H groups in total. The van der Waals surface area contributed by atoms with Crippen molar-refractivity contribution in [2.75, 3.05) is 13.7 Å². The predicted octanol–water partition coefficient (Wildman–Crippen LogP) is 3.21. The number of halogens is 1. The molecule has 0 spiro atoms. The maximum Gasteiger partial charge on any atom is 0.153 e. The van der Waals surface area contributed by atoms with E-state index < -0.39 is 0 Å². The summed E-state index contributed by atoms with van der Waals surface area (Å²) in [5.41, 5.74) is 0.916. The van der Waals surface area contributed by atoms with Crippen molar-refractivity contribution in [3.8, 4) is 0 Å². The second kappa shape index (κ2) is 7.20. The largest absolute Gasteiger partial charge is 0.376 e. The second-order valence-electron chi connectivity index (χ2n) is 6.23. The summed E-state index contributed by atoms with van der Waals surface area (Å²) in [7, 11) is 3.79. The van der Waals surface area contributed by atoms with Crippen molar-refractivity contribution in [3.05, 3.63) is 10.3 Å². The molecule has 0 aromatic carbocycles. The first-order chi connectivity index (χ1) is 10.0. The van der Waals surface area contributed by atoms with Crippen LogP contribution in [-0.4, -0.2) is 34.2 Å². The Morgan fingerprint density at radius 3 is 2.62 bits per heavy atom. The molecule has 0 amide bonds. The van der Waals surface area contributed by atoms with Crippen LogP contribution in [-0.2, 0) is 11.8 Å².